The van der Waals surface area contributed by atoms with Gasteiger partial charge in [0.05, 0.1) is 13.2 Å². The number of benzene rings is 2. The van der Waals surface area contributed by atoms with Crippen LogP contribution in [0.25, 0.3) is 0 Å². The van der Waals surface area contributed by atoms with Gasteiger partial charge in [0.25, 0.3) is 0 Å². The summed E-state index contributed by atoms with van der Waals surface area (Å²) in [6, 6.07) is 20.3. The molecule has 2 rings (SSSR count). The zero-order chi connectivity index (χ0) is 46.6. The maximum absolute atomic E-state index is 11.4. The predicted octanol–water partition coefficient (Wildman–Crippen LogP) is 11.1. The summed E-state index contributed by atoms with van der Waals surface area (Å²) in [5.74, 6) is -2.26. The maximum Gasteiger partial charge on any atom is 2.00 e. The number of unbranched alkanes of at least 4 members (excludes halogenated alkanes) is 20. The zero-order valence-corrected chi connectivity index (χ0v) is 45.2. The first-order valence-electron chi connectivity index (χ1n) is 25.1. The predicted molar refractivity (Wildman–Crippen MR) is 258 cm³/mol. The molecular formula is C54H86BaO10. The molecule has 0 aromatic heterocycles. The molecule has 11 heteroatoms. The largest absolute Gasteiger partial charge is 2.00 e. The first-order valence-corrected chi connectivity index (χ1v) is 25.1. The molecule has 2 aromatic rings. The molecule has 0 aliphatic carbocycles. The first-order chi connectivity index (χ1) is 31.2. The molecule has 0 bridgehead atoms. The molecule has 0 radical (unpaired) electrons. The van der Waals surface area contributed by atoms with Crippen LogP contribution in [0.3, 0.4) is 0 Å². The average molecular weight is 1030 g/mol. The van der Waals surface area contributed by atoms with Crippen molar-refractivity contribution in [2.24, 2.45) is 0 Å². The van der Waals surface area contributed by atoms with Gasteiger partial charge in [-0.3, -0.25) is 9.59 Å². The minimum Gasteiger partial charge on any atom is -0.550 e. The van der Waals surface area contributed by atoms with Gasteiger partial charge in [-0.15, -0.1) is 0 Å². The number of carboxylic acid groups (broad SMARTS) is 2. The number of ether oxygens (including phenoxy) is 4. The van der Waals surface area contributed by atoms with Crippen molar-refractivity contribution in [3.05, 3.63) is 71.8 Å². The van der Waals surface area contributed by atoms with Crippen molar-refractivity contribution in [2.45, 2.75) is 232 Å². The van der Waals surface area contributed by atoms with Crippen molar-refractivity contribution in [1.29, 1.82) is 0 Å². The Morgan fingerprint density at radius 2 is 0.662 bits per heavy atom. The second kappa shape index (κ2) is 46.9. The molecule has 2 unspecified atom stereocenters. The SMILES string of the molecule is CC(=O)OC(CCCCCCCCCCCCCC(=O)[O-])CCCOCc1ccccc1.CC(=O)OC(CCCCCCCCCCCCCC(=O)[O-])CCCOCc1ccccc1.[Ba+2]. The van der Waals surface area contributed by atoms with E-state index in [0.29, 0.717) is 26.4 Å². The molecule has 0 saturated heterocycles. The Hall–Kier alpha value is -2.19. The van der Waals surface area contributed by atoms with Crippen LogP contribution in [0.1, 0.15) is 218 Å². The van der Waals surface area contributed by atoms with Gasteiger partial charge in [0.15, 0.2) is 0 Å². The standard InChI is InChI=1S/2C27H44O5.Ba/c2*1-24(28)32-26(20-16-22-31-23-25-17-12-11-13-18-25)19-14-9-7-5-3-2-4-6-8-10-15-21-27(29)30;/h2*11-13,17-18,26H,2-10,14-16,19-23H2,1H3,(H,29,30);/q;;+2/p-2. The van der Waals surface area contributed by atoms with Gasteiger partial charge >= 0.3 is 60.8 Å². The third-order valence-electron chi connectivity index (χ3n) is 11.3. The van der Waals surface area contributed by atoms with Crippen LogP contribution in [-0.4, -0.2) is 98.2 Å². The topological polar surface area (TPSA) is 151 Å². The smallest absolute Gasteiger partial charge is 0.550 e. The second-order valence-electron chi connectivity index (χ2n) is 17.4. The zero-order valence-electron chi connectivity index (χ0n) is 40.8. The van der Waals surface area contributed by atoms with Crippen LogP contribution >= 0.6 is 0 Å². The summed E-state index contributed by atoms with van der Waals surface area (Å²) in [6.07, 6.45) is 31.0. The fourth-order valence-corrected chi connectivity index (χ4v) is 7.81. The number of esters is 2. The number of carbonyl (C=O) groups excluding carboxylic acids is 4. The van der Waals surface area contributed by atoms with Gasteiger partial charge in [0, 0.05) is 39.0 Å². The van der Waals surface area contributed by atoms with Gasteiger partial charge < -0.3 is 38.7 Å². The minimum absolute atomic E-state index is 0. The summed E-state index contributed by atoms with van der Waals surface area (Å²) in [6.45, 7) is 5.60. The summed E-state index contributed by atoms with van der Waals surface area (Å²) in [4.78, 5) is 43.5. The summed E-state index contributed by atoms with van der Waals surface area (Å²) in [5.41, 5.74) is 2.36. The van der Waals surface area contributed by atoms with E-state index in [1.807, 2.05) is 36.4 Å². The van der Waals surface area contributed by atoms with Gasteiger partial charge in [-0.1, -0.05) is 176 Å². The molecule has 0 aliphatic heterocycles. The molecule has 0 aliphatic rings. The van der Waals surface area contributed by atoms with E-state index in [-0.39, 0.29) is 85.9 Å². The molecule has 2 atom stereocenters. The van der Waals surface area contributed by atoms with Crippen LogP contribution in [-0.2, 0) is 51.3 Å². The van der Waals surface area contributed by atoms with Gasteiger partial charge in [-0.25, -0.2) is 0 Å². The Bertz CT molecular complexity index is 1290. The minimum atomic E-state index is -0.933. The molecule has 0 spiro atoms. The number of rotatable bonds is 42. The van der Waals surface area contributed by atoms with Gasteiger partial charge in [0.2, 0.25) is 0 Å². The Balaban J connectivity index is 0.00000124. The van der Waals surface area contributed by atoms with Crippen LogP contribution in [0.4, 0.5) is 0 Å². The number of aliphatic carboxylic acids is 2. The van der Waals surface area contributed by atoms with Crippen molar-refractivity contribution in [1.82, 2.24) is 0 Å². The summed E-state index contributed by atoms with van der Waals surface area (Å²) in [7, 11) is 0. The van der Waals surface area contributed by atoms with E-state index in [1.54, 1.807) is 0 Å². The Labute approximate surface area is 434 Å². The summed E-state index contributed by atoms with van der Waals surface area (Å²) in [5, 5.41) is 20.7. The van der Waals surface area contributed by atoms with Crippen LogP contribution in [0, 0.1) is 0 Å². The molecule has 65 heavy (non-hydrogen) atoms. The fourth-order valence-electron chi connectivity index (χ4n) is 7.81. The molecule has 2 aromatic carbocycles. The van der Waals surface area contributed by atoms with Gasteiger partial charge in [0.1, 0.15) is 12.2 Å². The molecule has 10 nitrogen and oxygen atoms in total. The third kappa shape index (κ3) is 45.4. The third-order valence-corrected chi connectivity index (χ3v) is 11.3. The van der Waals surface area contributed by atoms with E-state index >= 15 is 0 Å². The average Bonchev–Trinajstić information content (AvgIpc) is 3.26. The van der Waals surface area contributed by atoms with Gasteiger partial charge in [-0.2, -0.15) is 0 Å². The molecule has 0 saturated carbocycles. The van der Waals surface area contributed by atoms with Crippen molar-refractivity contribution >= 4 is 72.8 Å². The molecule has 0 N–H and O–H groups in total. The number of hydrogen-bond donors (Lipinski definition) is 0. The van der Waals surface area contributed by atoms with Gasteiger partial charge in [-0.05, 0) is 88.2 Å². The molecular weight excluding hydrogens is 946 g/mol. The quantitative estimate of drug-likeness (QED) is 0.0357. The number of carboxylic acids is 2. The van der Waals surface area contributed by atoms with E-state index in [2.05, 4.69) is 24.3 Å². The maximum atomic E-state index is 11.4. The van der Waals surface area contributed by atoms with E-state index in [1.165, 1.54) is 115 Å². The van der Waals surface area contributed by atoms with Crippen LogP contribution in [0.5, 0.6) is 0 Å². The van der Waals surface area contributed by atoms with E-state index in [4.69, 9.17) is 18.9 Å². The summed E-state index contributed by atoms with van der Waals surface area (Å²) < 4.78 is 22.5. The molecule has 0 heterocycles. The first kappa shape index (κ1) is 62.8. The molecule has 0 amide bonds. The van der Waals surface area contributed by atoms with Crippen LogP contribution in [0.2, 0.25) is 0 Å². The monoisotopic (exact) mass is 1030 g/mol. The van der Waals surface area contributed by atoms with E-state index in [0.717, 1.165) is 89.9 Å². The summed E-state index contributed by atoms with van der Waals surface area (Å²) >= 11 is 0. The Morgan fingerprint density at radius 1 is 0.400 bits per heavy atom. The van der Waals surface area contributed by atoms with Crippen molar-refractivity contribution in [3.63, 3.8) is 0 Å². The van der Waals surface area contributed by atoms with Crippen LogP contribution in [0.15, 0.2) is 60.7 Å². The number of hydrogen-bond acceptors (Lipinski definition) is 10. The molecule has 364 valence electrons. The Kier molecular flexibility index (Phi) is 45.3. The Morgan fingerprint density at radius 3 is 0.938 bits per heavy atom. The van der Waals surface area contributed by atoms with E-state index in [9.17, 15) is 29.4 Å². The van der Waals surface area contributed by atoms with Crippen molar-refractivity contribution in [3.8, 4) is 0 Å². The van der Waals surface area contributed by atoms with Crippen molar-refractivity contribution < 1.29 is 48.3 Å². The normalized spacial score (nSPS) is 11.7. The number of carbonyl (C=O) groups is 4. The van der Waals surface area contributed by atoms with Crippen molar-refractivity contribution in [2.75, 3.05) is 13.2 Å². The van der Waals surface area contributed by atoms with Crippen LogP contribution < -0.4 is 10.2 Å². The fraction of sp³-hybridized carbons (Fsp3) is 0.704. The van der Waals surface area contributed by atoms with E-state index < -0.39 is 11.9 Å². The molecule has 0 fully saturated rings. The second-order valence-corrected chi connectivity index (χ2v) is 17.4.